The number of hydrogen-bond donors (Lipinski definition) is 5. The molecule has 1 fully saturated rings. The lowest BCUT2D eigenvalue weighted by Crippen LogP contribution is -2.45. The molecule has 1 heterocycles. The average Bonchev–Trinajstić information content (AvgIpc) is 3.94. The third kappa shape index (κ3) is 11.7. The van der Waals surface area contributed by atoms with E-state index in [-0.39, 0.29) is 43.4 Å². The number of hydrogen-bond acceptors (Lipinski definition) is 11. The maximum atomic E-state index is 13.8. The Balaban J connectivity index is 1.17. The first-order chi connectivity index (χ1) is 26.2. The summed E-state index contributed by atoms with van der Waals surface area (Å²) in [6, 6.07) is 17.1. The molecule has 5 rings (SSSR count). The van der Waals surface area contributed by atoms with E-state index in [1.165, 1.54) is 36.4 Å². The molecule has 1 atom stereocenters. The fourth-order valence-electron chi connectivity index (χ4n) is 5.24. The lowest BCUT2D eigenvalue weighted by Gasteiger charge is -2.19. The van der Waals surface area contributed by atoms with Gasteiger partial charge in [-0.25, -0.2) is 9.18 Å². The summed E-state index contributed by atoms with van der Waals surface area (Å²) in [6.45, 7) is -1.80. The molecule has 0 unspecified atom stereocenters. The monoisotopic (exact) mass is 786 g/mol. The number of halogens is 5. The number of amides is 3. The first-order valence-corrected chi connectivity index (χ1v) is 17.2. The second-order valence-corrected chi connectivity index (χ2v) is 12.7. The van der Waals surface area contributed by atoms with Gasteiger partial charge in [0, 0.05) is 29.4 Å². The smallest absolute Gasteiger partial charge is 0.422 e. The number of nitrogens with one attached hydrogen (secondary N) is 5. The van der Waals surface area contributed by atoms with Gasteiger partial charge in [0.1, 0.15) is 11.9 Å². The molecule has 0 radical (unpaired) electrons. The van der Waals surface area contributed by atoms with Gasteiger partial charge in [-0.15, -0.1) is 0 Å². The molecule has 4 aromatic rings. The average molecular weight is 787 g/mol. The van der Waals surface area contributed by atoms with Gasteiger partial charge < -0.3 is 36.1 Å². The van der Waals surface area contributed by atoms with Gasteiger partial charge in [-0.2, -0.15) is 28.1 Å². The molecule has 290 valence electrons. The van der Waals surface area contributed by atoms with E-state index in [0.29, 0.717) is 29.1 Å². The van der Waals surface area contributed by atoms with Crippen LogP contribution in [-0.4, -0.2) is 77.7 Å². The Kier molecular flexibility index (Phi) is 13.0. The summed E-state index contributed by atoms with van der Waals surface area (Å²) in [5.74, 6) is -4.04. The Hall–Kier alpha value is -6.04. The summed E-state index contributed by atoms with van der Waals surface area (Å²) in [5.41, 5.74) is 1.15. The van der Waals surface area contributed by atoms with E-state index in [9.17, 15) is 36.7 Å². The highest BCUT2D eigenvalue weighted by molar-refractivity contribution is 6.35. The van der Waals surface area contributed by atoms with Crippen molar-refractivity contribution >= 4 is 52.9 Å². The van der Waals surface area contributed by atoms with Crippen LogP contribution in [0.15, 0.2) is 72.8 Å². The first kappa shape index (κ1) is 40.2. The topological polar surface area (TPSA) is 186 Å². The van der Waals surface area contributed by atoms with Gasteiger partial charge in [0.15, 0.2) is 6.61 Å². The van der Waals surface area contributed by atoms with Crippen LogP contribution in [0.4, 0.5) is 35.1 Å². The second-order valence-electron chi connectivity index (χ2n) is 12.3. The highest BCUT2D eigenvalue weighted by Gasteiger charge is 2.45. The number of anilines is 3. The van der Waals surface area contributed by atoms with Gasteiger partial charge in [0.25, 0.3) is 5.91 Å². The van der Waals surface area contributed by atoms with Gasteiger partial charge in [0.2, 0.25) is 11.9 Å². The molecule has 1 aliphatic rings. The largest absolute Gasteiger partial charge is 0.467 e. The van der Waals surface area contributed by atoms with Crippen molar-refractivity contribution in [1.29, 1.82) is 0 Å². The molecule has 1 saturated carbocycles. The van der Waals surface area contributed by atoms with E-state index in [4.69, 9.17) is 21.1 Å². The fourth-order valence-corrected chi connectivity index (χ4v) is 5.37. The van der Waals surface area contributed by atoms with Crippen molar-refractivity contribution < 1.29 is 46.2 Å². The van der Waals surface area contributed by atoms with Crippen molar-refractivity contribution in [1.82, 2.24) is 30.9 Å². The molecular weight excluding hydrogens is 752 g/mol. The molecule has 0 saturated heterocycles. The van der Waals surface area contributed by atoms with Gasteiger partial charge in [0.05, 0.1) is 12.6 Å². The number of carbonyl (C=O) groups is 4. The summed E-state index contributed by atoms with van der Waals surface area (Å²) in [7, 11) is 1.12. The zero-order chi connectivity index (χ0) is 39.6. The van der Waals surface area contributed by atoms with Crippen molar-refractivity contribution in [2.75, 3.05) is 37.4 Å². The van der Waals surface area contributed by atoms with Crippen molar-refractivity contribution in [3.05, 3.63) is 100 Å². The number of esters is 1. The number of methoxy groups -OCH3 is 1. The van der Waals surface area contributed by atoms with Crippen LogP contribution in [0.25, 0.3) is 0 Å². The van der Waals surface area contributed by atoms with Gasteiger partial charge in [-0.05, 0) is 79.3 Å². The third-order valence-corrected chi connectivity index (χ3v) is 8.49. The standard InChI is InChI=1S/C36H35ClF4N8O6/c1-54-31(53)27(15-19-43-30(52)29(51)42-18-14-21-4-2-3-5-26(21)38)45-28(50)22-6-12-25(13-7-22)44-32-46-33(48-34(47-32)55-20-36(39,40)41)49-35(16-17-35)23-8-10-24(37)11-9-23/h2-13,27H,14-20H2,1H3,(H,42,51)(H,43,52)(H,45,50)(H2,44,46,47,48,49)/t27-/m0/s1. The number of alkyl halides is 3. The van der Waals surface area contributed by atoms with E-state index in [1.807, 2.05) is 12.1 Å². The Bertz CT molecular complexity index is 2000. The SMILES string of the molecule is COC(=O)[C@H](CCNC(=O)C(=O)NCCc1ccccc1F)NC(=O)c1ccc(Nc2nc(NC3(c4ccc(Cl)cc4)CC3)nc(OCC(F)(F)F)n2)cc1. The summed E-state index contributed by atoms with van der Waals surface area (Å²) >= 11 is 6.02. The summed E-state index contributed by atoms with van der Waals surface area (Å²) in [6.07, 6.45) is -3.20. The highest BCUT2D eigenvalue weighted by Crippen LogP contribution is 2.48. The summed E-state index contributed by atoms with van der Waals surface area (Å²) in [5, 5.41) is 13.9. The van der Waals surface area contributed by atoms with E-state index in [2.05, 4.69) is 41.5 Å². The molecule has 1 aliphatic carbocycles. The van der Waals surface area contributed by atoms with Gasteiger partial charge >= 0.3 is 30.0 Å². The van der Waals surface area contributed by atoms with Crippen LogP contribution in [0.1, 0.15) is 40.7 Å². The number of ether oxygens (including phenoxy) is 2. The third-order valence-electron chi connectivity index (χ3n) is 8.23. The maximum absolute atomic E-state index is 13.8. The van der Waals surface area contributed by atoms with Crippen LogP contribution in [0.3, 0.4) is 0 Å². The number of nitrogens with zero attached hydrogens (tertiary/aromatic N) is 3. The van der Waals surface area contributed by atoms with Crippen molar-refractivity contribution in [3.8, 4) is 6.01 Å². The number of carbonyl (C=O) groups excluding carboxylic acids is 4. The van der Waals surface area contributed by atoms with Crippen LogP contribution in [0.5, 0.6) is 6.01 Å². The minimum atomic E-state index is -4.64. The zero-order valence-corrected chi connectivity index (χ0v) is 29.9. The summed E-state index contributed by atoms with van der Waals surface area (Å²) < 4.78 is 62.2. The minimum Gasteiger partial charge on any atom is -0.467 e. The van der Waals surface area contributed by atoms with E-state index < -0.39 is 59.9 Å². The molecule has 5 N–H and O–H groups in total. The van der Waals surface area contributed by atoms with E-state index in [0.717, 1.165) is 12.7 Å². The lowest BCUT2D eigenvalue weighted by atomic mass is 10.1. The number of benzene rings is 3. The molecule has 19 heteroatoms. The minimum absolute atomic E-state index is 0.0132. The van der Waals surface area contributed by atoms with Crippen LogP contribution in [0.2, 0.25) is 5.02 Å². The Morgan fingerprint density at radius 1 is 0.873 bits per heavy atom. The van der Waals surface area contributed by atoms with Crippen molar-refractivity contribution in [2.45, 2.75) is 43.4 Å². The van der Waals surface area contributed by atoms with Gasteiger partial charge in [-0.1, -0.05) is 41.9 Å². The van der Waals surface area contributed by atoms with Crippen LogP contribution < -0.4 is 31.3 Å². The fraction of sp³-hybridized carbons (Fsp3) is 0.306. The normalized spacial score (nSPS) is 13.5. The highest BCUT2D eigenvalue weighted by atomic mass is 35.5. The Morgan fingerprint density at radius 3 is 2.16 bits per heavy atom. The summed E-state index contributed by atoms with van der Waals surface area (Å²) in [4.78, 5) is 62.2. The lowest BCUT2D eigenvalue weighted by molar-refractivity contribution is -0.154. The predicted molar refractivity (Wildman–Crippen MR) is 191 cm³/mol. The van der Waals surface area contributed by atoms with Gasteiger partial charge in [-0.3, -0.25) is 14.4 Å². The predicted octanol–water partition coefficient (Wildman–Crippen LogP) is 4.59. The molecule has 55 heavy (non-hydrogen) atoms. The van der Waals surface area contributed by atoms with Crippen LogP contribution >= 0.6 is 11.6 Å². The molecule has 0 bridgehead atoms. The van der Waals surface area contributed by atoms with Crippen LogP contribution in [-0.2, 0) is 31.1 Å². The second kappa shape index (κ2) is 17.9. The van der Waals surface area contributed by atoms with Crippen LogP contribution in [0, 0.1) is 5.82 Å². The number of rotatable bonds is 16. The quantitative estimate of drug-likeness (QED) is 0.0608. The molecule has 0 aliphatic heterocycles. The van der Waals surface area contributed by atoms with E-state index in [1.54, 1.807) is 24.3 Å². The number of aromatic nitrogens is 3. The zero-order valence-electron chi connectivity index (χ0n) is 29.1. The molecule has 3 amide bonds. The molecule has 1 aromatic heterocycles. The molecule has 3 aromatic carbocycles. The van der Waals surface area contributed by atoms with Crippen molar-refractivity contribution in [3.63, 3.8) is 0 Å². The van der Waals surface area contributed by atoms with E-state index >= 15 is 0 Å². The maximum Gasteiger partial charge on any atom is 0.422 e. The molecular formula is C36H35ClF4N8O6. The Labute approximate surface area is 316 Å². The van der Waals surface area contributed by atoms with Crippen molar-refractivity contribution in [2.24, 2.45) is 0 Å². The first-order valence-electron chi connectivity index (χ1n) is 16.8. The molecule has 14 nitrogen and oxygen atoms in total. The Morgan fingerprint density at radius 2 is 1.53 bits per heavy atom. The molecule has 0 spiro atoms.